The van der Waals surface area contributed by atoms with Crippen molar-refractivity contribution >= 4 is 38.9 Å². The zero-order valence-electron chi connectivity index (χ0n) is 26.0. The van der Waals surface area contributed by atoms with Gasteiger partial charge < -0.3 is 25.2 Å². The summed E-state index contributed by atoms with van der Waals surface area (Å²) < 4.78 is 6.27. The zero-order valence-corrected chi connectivity index (χ0v) is 26.0. The molecule has 0 saturated carbocycles. The van der Waals surface area contributed by atoms with Crippen LogP contribution in [0.15, 0.2) is 91.3 Å². The molecule has 7 nitrogen and oxygen atoms in total. The molecule has 228 valence electrons. The summed E-state index contributed by atoms with van der Waals surface area (Å²) in [4.78, 5) is 13.8. The van der Waals surface area contributed by atoms with E-state index in [-0.39, 0.29) is 0 Å². The number of ether oxygens (including phenoxy) is 1. The van der Waals surface area contributed by atoms with Crippen LogP contribution in [0.25, 0.3) is 21.7 Å². The zero-order chi connectivity index (χ0) is 30.1. The van der Waals surface area contributed by atoms with Crippen molar-refractivity contribution < 1.29 is 4.74 Å². The maximum absolute atomic E-state index is 6.27. The Hall–Kier alpha value is -4.36. The van der Waals surface area contributed by atoms with E-state index in [2.05, 4.69) is 123 Å². The van der Waals surface area contributed by atoms with Gasteiger partial charge in [-0.1, -0.05) is 54.6 Å². The van der Waals surface area contributed by atoms with Crippen LogP contribution in [0.2, 0.25) is 0 Å². The summed E-state index contributed by atoms with van der Waals surface area (Å²) >= 11 is 0. The maximum Gasteiger partial charge on any atom is 0.137 e. The number of rotatable bonds is 13. The average Bonchev–Trinajstić information content (AvgIpc) is 3.06. The third kappa shape index (κ3) is 7.40. The second-order valence-corrected chi connectivity index (χ2v) is 12.0. The number of anilines is 3. The number of benzene rings is 4. The molecule has 0 radical (unpaired) electrons. The Bertz CT molecular complexity index is 1650. The van der Waals surface area contributed by atoms with E-state index in [0.29, 0.717) is 5.92 Å². The van der Waals surface area contributed by atoms with Crippen LogP contribution in [-0.4, -0.2) is 68.3 Å². The molecule has 1 saturated heterocycles. The Morgan fingerprint density at radius 2 is 1.61 bits per heavy atom. The molecular weight excluding hydrogens is 544 g/mol. The van der Waals surface area contributed by atoms with Gasteiger partial charge in [-0.3, -0.25) is 0 Å². The normalized spacial score (nSPS) is 14.1. The fraction of sp³-hybridized carbons (Fsp3) is 0.351. The molecule has 6 rings (SSSR count). The third-order valence-corrected chi connectivity index (χ3v) is 8.70. The number of hydrogen-bond acceptors (Lipinski definition) is 7. The number of likely N-dealkylation sites (tertiary alicyclic amines) is 1. The van der Waals surface area contributed by atoms with Gasteiger partial charge in [0.05, 0.1) is 12.1 Å². The van der Waals surface area contributed by atoms with Gasteiger partial charge in [-0.25, -0.2) is 9.97 Å². The van der Waals surface area contributed by atoms with E-state index in [4.69, 9.17) is 4.74 Å². The smallest absolute Gasteiger partial charge is 0.137 e. The summed E-state index contributed by atoms with van der Waals surface area (Å²) in [6.07, 6.45) is 6.06. The highest BCUT2D eigenvalue weighted by atomic mass is 16.5. The van der Waals surface area contributed by atoms with Gasteiger partial charge >= 0.3 is 0 Å². The molecule has 1 aliphatic rings. The van der Waals surface area contributed by atoms with Crippen LogP contribution < -0.4 is 20.3 Å². The van der Waals surface area contributed by atoms with Crippen molar-refractivity contribution in [2.24, 2.45) is 5.92 Å². The standard InChI is InChI=1S/C37H44N6O/c1-42(2)36-17-16-34(31-12-6-7-13-32(31)36)38-21-24-43-22-18-29(19-23-43)26-44-30-14-15-33-35(25-30)40-27-41-37(33)39-20-8-11-28-9-4-3-5-10-28/h3-7,9-10,12-17,25,27,29,38H,8,11,18-24,26H2,1-2H3,(H,39,40,41). The van der Waals surface area contributed by atoms with Gasteiger partial charge in [0.15, 0.2) is 0 Å². The highest BCUT2D eigenvalue weighted by Crippen LogP contribution is 2.31. The van der Waals surface area contributed by atoms with Crippen molar-refractivity contribution in [3.63, 3.8) is 0 Å². The molecule has 0 spiro atoms. The number of nitrogens with zero attached hydrogens (tertiary/aromatic N) is 4. The first kappa shape index (κ1) is 29.7. The molecule has 7 heteroatoms. The minimum absolute atomic E-state index is 0.574. The predicted molar refractivity (Wildman–Crippen MR) is 184 cm³/mol. The molecule has 2 N–H and O–H groups in total. The van der Waals surface area contributed by atoms with E-state index in [0.717, 1.165) is 87.5 Å². The minimum Gasteiger partial charge on any atom is -0.493 e. The van der Waals surface area contributed by atoms with Crippen molar-refractivity contribution in [2.45, 2.75) is 25.7 Å². The van der Waals surface area contributed by atoms with Crippen molar-refractivity contribution in [1.82, 2.24) is 14.9 Å². The van der Waals surface area contributed by atoms with Crippen LogP contribution in [-0.2, 0) is 6.42 Å². The minimum atomic E-state index is 0.574. The summed E-state index contributed by atoms with van der Waals surface area (Å²) in [6, 6.07) is 29.9. The number of fused-ring (bicyclic) bond motifs is 2. The van der Waals surface area contributed by atoms with Gasteiger partial charge in [-0.05, 0) is 74.5 Å². The molecule has 1 aliphatic heterocycles. The predicted octanol–water partition coefficient (Wildman–Crippen LogP) is 7.10. The number of hydrogen-bond donors (Lipinski definition) is 2. The Morgan fingerprint density at radius 3 is 2.43 bits per heavy atom. The van der Waals surface area contributed by atoms with Gasteiger partial charge in [0.25, 0.3) is 0 Å². The Kier molecular flexibility index (Phi) is 9.73. The number of aryl methyl sites for hydroxylation is 1. The molecule has 1 fully saturated rings. The molecule has 0 amide bonds. The van der Waals surface area contributed by atoms with Crippen molar-refractivity contribution in [2.75, 3.05) is 69.0 Å². The number of nitrogens with one attached hydrogen (secondary N) is 2. The molecule has 5 aromatic rings. The first-order valence-electron chi connectivity index (χ1n) is 15.9. The largest absolute Gasteiger partial charge is 0.493 e. The summed E-state index contributed by atoms with van der Waals surface area (Å²) in [6.45, 7) is 5.83. The van der Waals surface area contributed by atoms with E-state index in [9.17, 15) is 0 Å². The fourth-order valence-electron chi connectivity index (χ4n) is 6.18. The van der Waals surface area contributed by atoms with Crippen LogP contribution in [0.5, 0.6) is 5.75 Å². The molecule has 44 heavy (non-hydrogen) atoms. The van der Waals surface area contributed by atoms with Gasteiger partial charge in [0, 0.05) is 67.3 Å². The van der Waals surface area contributed by atoms with E-state index in [1.807, 2.05) is 6.07 Å². The fourth-order valence-corrected chi connectivity index (χ4v) is 6.18. The van der Waals surface area contributed by atoms with E-state index in [1.54, 1.807) is 6.33 Å². The SMILES string of the molecule is CN(C)c1ccc(NCCN2CCC(COc3ccc4c(NCCCc5ccccc5)ncnc4c3)CC2)c2ccccc12. The lowest BCUT2D eigenvalue weighted by Gasteiger charge is -2.32. The first-order chi connectivity index (χ1) is 21.6. The van der Waals surface area contributed by atoms with Crippen LogP contribution >= 0.6 is 0 Å². The Labute approximate surface area is 261 Å². The molecule has 0 unspecified atom stereocenters. The molecule has 1 aromatic heterocycles. The van der Waals surface area contributed by atoms with Crippen LogP contribution in [0, 0.1) is 5.92 Å². The van der Waals surface area contributed by atoms with Crippen molar-refractivity contribution in [1.29, 1.82) is 0 Å². The van der Waals surface area contributed by atoms with Gasteiger partial charge in [-0.2, -0.15) is 0 Å². The van der Waals surface area contributed by atoms with Crippen LogP contribution in [0.4, 0.5) is 17.2 Å². The third-order valence-electron chi connectivity index (χ3n) is 8.70. The first-order valence-corrected chi connectivity index (χ1v) is 15.9. The monoisotopic (exact) mass is 588 g/mol. The molecular formula is C37H44N6O. The van der Waals surface area contributed by atoms with E-state index >= 15 is 0 Å². The highest BCUT2D eigenvalue weighted by Gasteiger charge is 2.20. The second-order valence-electron chi connectivity index (χ2n) is 12.0. The molecule has 0 aliphatic carbocycles. The van der Waals surface area contributed by atoms with E-state index < -0.39 is 0 Å². The lowest BCUT2D eigenvalue weighted by Crippen LogP contribution is -2.38. The number of aromatic nitrogens is 2. The van der Waals surface area contributed by atoms with Crippen molar-refractivity contribution in [3.8, 4) is 5.75 Å². The summed E-state index contributed by atoms with van der Waals surface area (Å²) in [5.41, 5.74) is 4.73. The topological polar surface area (TPSA) is 65.5 Å². The van der Waals surface area contributed by atoms with Gasteiger partial charge in [0.1, 0.15) is 17.9 Å². The second kappa shape index (κ2) is 14.4. The summed E-state index contributed by atoms with van der Waals surface area (Å²) in [5, 5.41) is 10.8. The molecule has 2 heterocycles. The molecule has 0 atom stereocenters. The Morgan fingerprint density at radius 1 is 0.818 bits per heavy atom. The van der Waals surface area contributed by atoms with Gasteiger partial charge in [0.2, 0.25) is 0 Å². The van der Waals surface area contributed by atoms with E-state index in [1.165, 1.54) is 27.7 Å². The van der Waals surface area contributed by atoms with Gasteiger partial charge in [-0.15, -0.1) is 0 Å². The number of piperidine rings is 1. The lowest BCUT2D eigenvalue weighted by atomic mass is 9.98. The maximum atomic E-state index is 6.27. The molecule has 4 aromatic carbocycles. The summed E-state index contributed by atoms with van der Waals surface area (Å²) in [7, 11) is 4.20. The molecule has 0 bridgehead atoms. The quantitative estimate of drug-likeness (QED) is 0.142. The lowest BCUT2D eigenvalue weighted by molar-refractivity contribution is 0.145. The highest BCUT2D eigenvalue weighted by molar-refractivity contribution is 6.02. The summed E-state index contributed by atoms with van der Waals surface area (Å²) in [5.74, 6) is 2.34. The van der Waals surface area contributed by atoms with Crippen LogP contribution in [0.3, 0.4) is 0 Å². The average molecular weight is 589 g/mol. The van der Waals surface area contributed by atoms with Crippen LogP contribution in [0.1, 0.15) is 24.8 Å². The van der Waals surface area contributed by atoms with Crippen molar-refractivity contribution in [3.05, 3.63) is 96.8 Å². The Balaban J connectivity index is 0.937.